The molecule has 1 aliphatic rings. The van der Waals surface area contributed by atoms with Crippen molar-refractivity contribution < 1.29 is 4.79 Å². The number of halogens is 1. The van der Waals surface area contributed by atoms with Gasteiger partial charge in [0, 0.05) is 12.2 Å². The van der Waals surface area contributed by atoms with Gasteiger partial charge in [0.15, 0.2) is 10.8 Å². The minimum atomic E-state index is -0.126. The maximum Gasteiger partial charge on any atom is 0.278 e. The lowest BCUT2D eigenvalue weighted by molar-refractivity contribution is 0.0979. The standard InChI is InChI=1S/C15H14ClN3O/c1-10-4-6-13-11(9-10)3-2-8-19(13)15(20)12-5-7-14(16)18-17-12/h4-7,9H,2-3,8H2,1H3. The van der Waals surface area contributed by atoms with Crippen LogP contribution in [0.3, 0.4) is 0 Å². The molecule has 2 aromatic rings. The van der Waals surface area contributed by atoms with E-state index in [-0.39, 0.29) is 11.1 Å². The van der Waals surface area contributed by atoms with Crippen molar-refractivity contribution in [3.05, 3.63) is 52.3 Å². The van der Waals surface area contributed by atoms with Gasteiger partial charge in [-0.05, 0) is 43.5 Å². The average Bonchev–Trinajstić information content (AvgIpc) is 2.46. The first-order valence-corrected chi connectivity index (χ1v) is 6.93. The van der Waals surface area contributed by atoms with Crippen molar-refractivity contribution in [1.29, 1.82) is 0 Å². The number of nitrogens with zero attached hydrogens (tertiary/aromatic N) is 3. The molecule has 1 aromatic carbocycles. The number of hydrogen-bond donors (Lipinski definition) is 0. The summed E-state index contributed by atoms with van der Waals surface area (Å²) in [6.45, 7) is 2.77. The molecule has 1 aliphatic heterocycles. The molecule has 0 fully saturated rings. The number of carbonyl (C=O) groups is 1. The molecule has 3 rings (SSSR count). The summed E-state index contributed by atoms with van der Waals surface area (Å²) in [5.41, 5.74) is 3.72. The predicted molar refractivity (Wildman–Crippen MR) is 78.2 cm³/mol. The Hall–Kier alpha value is -1.94. The summed E-state index contributed by atoms with van der Waals surface area (Å²) in [5.74, 6) is -0.126. The number of amides is 1. The molecule has 0 N–H and O–H groups in total. The second-order valence-electron chi connectivity index (χ2n) is 4.93. The summed E-state index contributed by atoms with van der Waals surface area (Å²) in [4.78, 5) is 14.3. The highest BCUT2D eigenvalue weighted by molar-refractivity contribution is 6.29. The van der Waals surface area contributed by atoms with E-state index in [2.05, 4.69) is 23.2 Å². The molecule has 0 saturated carbocycles. The van der Waals surface area contributed by atoms with Gasteiger partial charge in [0.2, 0.25) is 0 Å². The van der Waals surface area contributed by atoms with Crippen LogP contribution in [-0.4, -0.2) is 22.6 Å². The van der Waals surface area contributed by atoms with E-state index in [0.29, 0.717) is 12.2 Å². The van der Waals surface area contributed by atoms with E-state index in [1.165, 1.54) is 11.1 Å². The SMILES string of the molecule is Cc1ccc2c(c1)CCCN2C(=O)c1ccc(Cl)nn1. The van der Waals surface area contributed by atoms with Gasteiger partial charge in [-0.15, -0.1) is 10.2 Å². The van der Waals surface area contributed by atoms with E-state index < -0.39 is 0 Å². The Morgan fingerprint density at radius 2 is 2.10 bits per heavy atom. The predicted octanol–water partition coefficient (Wildman–Crippen LogP) is 3.03. The zero-order chi connectivity index (χ0) is 14.1. The number of aromatic nitrogens is 2. The van der Waals surface area contributed by atoms with Crippen LogP contribution in [0.15, 0.2) is 30.3 Å². The van der Waals surface area contributed by atoms with Crippen molar-refractivity contribution in [3.63, 3.8) is 0 Å². The van der Waals surface area contributed by atoms with Crippen molar-refractivity contribution in [2.24, 2.45) is 0 Å². The Labute approximate surface area is 122 Å². The third-order valence-corrected chi connectivity index (χ3v) is 3.65. The molecule has 0 saturated heterocycles. The lowest BCUT2D eigenvalue weighted by Crippen LogP contribution is -2.36. The topological polar surface area (TPSA) is 46.1 Å². The van der Waals surface area contributed by atoms with Crippen LogP contribution in [0.25, 0.3) is 0 Å². The summed E-state index contributed by atoms with van der Waals surface area (Å²) >= 11 is 5.70. The quantitative estimate of drug-likeness (QED) is 0.810. The van der Waals surface area contributed by atoms with Crippen LogP contribution in [0.1, 0.15) is 28.0 Å². The van der Waals surface area contributed by atoms with E-state index in [9.17, 15) is 4.79 Å². The number of fused-ring (bicyclic) bond motifs is 1. The van der Waals surface area contributed by atoms with E-state index in [4.69, 9.17) is 11.6 Å². The summed E-state index contributed by atoms with van der Waals surface area (Å²) in [7, 11) is 0. The van der Waals surface area contributed by atoms with E-state index >= 15 is 0 Å². The lowest BCUT2D eigenvalue weighted by atomic mass is 9.99. The molecule has 102 valence electrons. The monoisotopic (exact) mass is 287 g/mol. The van der Waals surface area contributed by atoms with Crippen molar-refractivity contribution in [2.75, 3.05) is 11.4 Å². The highest BCUT2D eigenvalue weighted by Gasteiger charge is 2.24. The van der Waals surface area contributed by atoms with Gasteiger partial charge in [0.1, 0.15) is 0 Å². The van der Waals surface area contributed by atoms with Gasteiger partial charge in [0.05, 0.1) is 0 Å². The zero-order valence-corrected chi connectivity index (χ0v) is 11.9. The molecule has 0 aliphatic carbocycles. The summed E-state index contributed by atoms with van der Waals surface area (Å²) in [5, 5.41) is 7.89. The number of anilines is 1. The Morgan fingerprint density at radius 3 is 2.85 bits per heavy atom. The minimum absolute atomic E-state index is 0.126. The van der Waals surface area contributed by atoms with Gasteiger partial charge >= 0.3 is 0 Å². The van der Waals surface area contributed by atoms with Crippen molar-refractivity contribution in [3.8, 4) is 0 Å². The first kappa shape index (κ1) is 13.1. The number of benzene rings is 1. The Morgan fingerprint density at radius 1 is 1.25 bits per heavy atom. The highest BCUT2D eigenvalue weighted by atomic mass is 35.5. The fraction of sp³-hybridized carbons (Fsp3) is 0.267. The number of rotatable bonds is 1. The van der Waals surface area contributed by atoms with Gasteiger partial charge in [0.25, 0.3) is 5.91 Å². The second kappa shape index (κ2) is 5.21. The van der Waals surface area contributed by atoms with Gasteiger partial charge in [-0.2, -0.15) is 0 Å². The second-order valence-corrected chi connectivity index (χ2v) is 5.32. The smallest absolute Gasteiger partial charge is 0.278 e. The van der Waals surface area contributed by atoms with E-state index in [0.717, 1.165) is 18.5 Å². The van der Waals surface area contributed by atoms with E-state index in [1.54, 1.807) is 17.0 Å². The first-order chi connectivity index (χ1) is 9.65. The van der Waals surface area contributed by atoms with Crippen molar-refractivity contribution in [1.82, 2.24) is 10.2 Å². The summed E-state index contributed by atoms with van der Waals surface area (Å²) in [6, 6.07) is 9.37. The third kappa shape index (κ3) is 2.39. The largest absolute Gasteiger partial charge is 0.307 e. The number of carbonyl (C=O) groups excluding carboxylic acids is 1. The van der Waals surface area contributed by atoms with Crippen molar-refractivity contribution in [2.45, 2.75) is 19.8 Å². The fourth-order valence-electron chi connectivity index (χ4n) is 2.51. The summed E-state index contributed by atoms with van der Waals surface area (Å²) in [6.07, 6.45) is 1.97. The average molecular weight is 288 g/mol. The van der Waals surface area contributed by atoms with Gasteiger partial charge in [-0.3, -0.25) is 4.79 Å². The Bertz CT molecular complexity index is 655. The zero-order valence-electron chi connectivity index (χ0n) is 11.1. The highest BCUT2D eigenvalue weighted by Crippen LogP contribution is 2.28. The van der Waals surface area contributed by atoms with Crippen molar-refractivity contribution >= 4 is 23.2 Å². The fourth-order valence-corrected chi connectivity index (χ4v) is 2.61. The van der Waals surface area contributed by atoms with Crippen LogP contribution in [0.2, 0.25) is 5.15 Å². The van der Waals surface area contributed by atoms with Gasteiger partial charge < -0.3 is 4.90 Å². The van der Waals surface area contributed by atoms with E-state index in [1.807, 2.05) is 12.1 Å². The third-order valence-electron chi connectivity index (χ3n) is 3.45. The lowest BCUT2D eigenvalue weighted by Gasteiger charge is -2.29. The molecule has 1 aromatic heterocycles. The number of aryl methyl sites for hydroxylation is 2. The molecular formula is C15H14ClN3O. The molecular weight excluding hydrogens is 274 g/mol. The first-order valence-electron chi connectivity index (χ1n) is 6.56. The molecule has 5 heteroatoms. The molecule has 0 atom stereocenters. The molecule has 2 heterocycles. The Kier molecular flexibility index (Phi) is 3.40. The normalized spacial score (nSPS) is 14.0. The van der Waals surface area contributed by atoms with Gasteiger partial charge in [-0.25, -0.2) is 0 Å². The molecule has 4 nitrogen and oxygen atoms in total. The minimum Gasteiger partial charge on any atom is -0.307 e. The molecule has 0 unspecified atom stereocenters. The molecule has 1 amide bonds. The Balaban J connectivity index is 1.96. The molecule has 20 heavy (non-hydrogen) atoms. The van der Waals surface area contributed by atoms with Gasteiger partial charge in [-0.1, -0.05) is 29.3 Å². The van der Waals surface area contributed by atoms with Crippen LogP contribution in [0.4, 0.5) is 5.69 Å². The molecule has 0 radical (unpaired) electrons. The maximum absolute atomic E-state index is 12.5. The van der Waals surface area contributed by atoms with Crippen LogP contribution >= 0.6 is 11.6 Å². The molecule has 0 bridgehead atoms. The van der Waals surface area contributed by atoms with Crippen LogP contribution in [-0.2, 0) is 6.42 Å². The molecule has 0 spiro atoms. The van der Waals surface area contributed by atoms with Crippen LogP contribution < -0.4 is 4.90 Å². The maximum atomic E-state index is 12.5. The van der Waals surface area contributed by atoms with Crippen LogP contribution in [0.5, 0.6) is 0 Å². The number of hydrogen-bond acceptors (Lipinski definition) is 3. The summed E-state index contributed by atoms with van der Waals surface area (Å²) < 4.78 is 0. The van der Waals surface area contributed by atoms with Crippen LogP contribution in [0, 0.1) is 6.92 Å².